The molecule has 0 unspecified atom stereocenters. The van der Waals surface area contributed by atoms with Crippen LogP contribution in [0.15, 0.2) is 287 Å². The summed E-state index contributed by atoms with van der Waals surface area (Å²) in [5, 5.41) is 7.63. The molecule has 9 heterocycles. The van der Waals surface area contributed by atoms with E-state index in [9.17, 15) is 0 Å². The number of para-hydroxylation sites is 7. The normalized spacial score (nSPS) is 14.2. The van der Waals surface area contributed by atoms with Gasteiger partial charge < -0.3 is 23.5 Å². The summed E-state index contributed by atoms with van der Waals surface area (Å²) in [4.78, 5) is 10.7. The van der Waals surface area contributed by atoms with E-state index in [4.69, 9.17) is 0 Å². The molecule has 5 nitrogen and oxygen atoms in total. The molecule has 0 spiro atoms. The molecular formula is C78H44B3N5S2. The fourth-order valence-corrected chi connectivity index (χ4v) is 19.5. The molecule has 0 aliphatic carbocycles. The van der Waals surface area contributed by atoms with E-state index >= 15 is 0 Å². The van der Waals surface area contributed by atoms with Crippen molar-refractivity contribution in [1.29, 1.82) is 0 Å². The lowest BCUT2D eigenvalue weighted by Gasteiger charge is -2.53. The highest BCUT2D eigenvalue weighted by Gasteiger charge is 2.55. The third-order valence-electron chi connectivity index (χ3n) is 20.5. The molecule has 0 saturated carbocycles. The van der Waals surface area contributed by atoms with E-state index in [1.807, 2.05) is 23.5 Å². The van der Waals surface area contributed by atoms with Crippen LogP contribution in [0, 0.1) is 0 Å². The Bertz CT molecular complexity index is 5730. The second-order valence-corrected chi connectivity index (χ2v) is 26.7. The maximum absolute atomic E-state index is 2.80. The molecule has 13 aromatic carbocycles. The first-order chi connectivity index (χ1) is 43.7. The van der Waals surface area contributed by atoms with Crippen molar-refractivity contribution in [3.8, 4) is 17.1 Å². The van der Waals surface area contributed by atoms with Gasteiger partial charge in [0.05, 0.1) is 33.1 Å². The van der Waals surface area contributed by atoms with Crippen molar-refractivity contribution in [3.63, 3.8) is 0 Å². The second-order valence-electron chi connectivity index (χ2n) is 24.6. The Morgan fingerprint density at radius 2 is 0.568 bits per heavy atom. The first kappa shape index (κ1) is 47.0. The molecule has 10 heteroatoms. The number of hydrogen-bond donors (Lipinski definition) is 0. The van der Waals surface area contributed by atoms with Crippen LogP contribution in [-0.2, 0) is 0 Å². The first-order valence-electron chi connectivity index (χ1n) is 30.6. The average Bonchev–Trinajstić information content (AvgIpc) is 0.837. The van der Waals surface area contributed by atoms with Gasteiger partial charge in [0.2, 0.25) is 13.4 Å². The lowest BCUT2D eigenvalue weighted by atomic mass is 9.26. The number of rotatable bonds is 4. The highest BCUT2D eigenvalue weighted by Crippen LogP contribution is 2.50. The summed E-state index contributed by atoms with van der Waals surface area (Å²) < 4.78 is 7.44. The number of hydrogen-bond acceptors (Lipinski definition) is 4. The number of nitrogens with zero attached hydrogens (tertiary/aromatic N) is 5. The highest BCUT2D eigenvalue weighted by molar-refractivity contribution is 8.00. The first-order valence-corrected chi connectivity index (χ1v) is 32.2. The predicted molar refractivity (Wildman–Crippen MR) is 374 cm³/mol. The van der Waals surface area contributed by atoms with Crippen molar-refractivity contribution in [3.05, 3.63) is 267 Å². The van der Waals surface area contributed by atoms with Crippen LogP contribution in [0.5, 0.6) is 0 Å². The number of aromatic nitrogens is 3. The van der Waals surface area contributed by atoms with Gasteiger partial charge in [-0.3, -0.25) is 0 Å². The maximum atomic E-state index is 2.80. The van der Waals surface area contributed by atoms with Gasteiger partial charge in [0.15, 0.2) is 0 Å². The van der Waals surface area contributed by atoms with Gasteiger partial charge in [-0.05, 0) is 141 Å². The number of benzene rings is 13. The van der Waals surface area contributed by atoms with E-state index in [0.29, 0.717) is 0 Å². The maximum Gasteiger partial charge on any atom is 0.252 e. The molecule has 402 valence electrons. The SMILES string of the molecule is c1ccc(N2c3cc(-n4c5ccccc5c5ccccc54)ccc3B3c4ccc5c6c4N4c7c(ccc8c7B(c7ccc(-n9c%10ccccc%10c%10ccccc%109)cc7S8)c7ccc2c3c74)B6c2ccc(-n3c4ccccc4c4ccccc43)cc2S5)cc1. The summed E-state index contributed by atoms with van der Waals surface area (Å²) in [6, 6.07) is 102. The van der Waals surface area contributed by atoms with Gasteiger partial charge in [-0.2, -0.15) is 0 Å². The third-order valence-corrected chi connectivity index (χ3v) is 22.8. The Labute approximate surface area is 515 Å². The lowest BCUT2D eigenvalue weighted by molar-refractivity contribution is 1.16. The topological polar surface area (TPSA) is 21.3 Å². The standard InChI is InChI=1S/C78H44B3N5S2/c1-2-16-45(17-3-1)82-67-39-36-58-76-73(67)79(55-33-30-46(42-68(55)82)83-61-24-10-4-18-49(61)50-19-5-11-25-62(50)83)59-37-40-69-74-77(59)86(76)78-60(81(74)57-35-32-48(44-72(57)87-69)85-65-28-14-8-22-53(65)54-23-9-15-29-66(54)85)38-41-70-75(78)80(58)56-34-31-47(43-71(56)88-70)84-63-26-12-6-20-51(63)52-21-7-13-27-64(52)84/h1-44H. The van der Waals surface area contributed by atoms with Crippen LogP contribution in [0.1, 0.15) is 0 Å². The molecule has 0 bridgehead atoms. The Balaban J connectivity index is 0.812. The van der Waals surface area contributed by atoms with Gasteiger partial charge in [0, 0.05) is 103 Å². The molecule has 0 N–H and O–H groups in total. The minimum absolute atomic E-state index is 0.00347. The summed E-state index contributed by atoms with van der Waals surface area (Å²) in [6.45, 7) is -0.0337. The quantitative estimate of drug-likeness (QED) is 0.164. The van der Waals surface area contributed by atoms with Gasteiger partial charge in [0.25, 0.3) is 6.71 Å². The molecule has 3 aromatic heterocycles. The molecule has 0 atom stereocenters. The van der Waals surface area contributed by atoms with Gasteiger partial charge >= 0.3 is 0 Å². The minimum atomic E-state index is -0.0465. The van der Waals surface area contributed by atoms with Gasteiger partial charge in [-0.15, -0.1) is 0 Å². The molecule has 6 aliphatic rings. The minimum Gasteiger partial charge on any atom is -0.313 e. The largest absolute Gasteiger partial charge is 0.313 e. The molecule has 0 radical (unpaired) electrons. The van der Waals surface area contributed by atoms with Gasteiger partial charge in [0.1, 0.15) is 0 Å². The van der Waals surface area contributed by atoms with Crippen LogP contribution in [0.2, 0.25) is 0 Å². The van der Waals surface area contributed by atoms with Crippen molar-refractivity contribution < 1.29 is 0 Å². The average molecular weight is 1150 g/mol. The van der Waals surface area contributed by atoms with E-state index < -0.39 is 0 Å². The van der Waals surface area contributed by atoms with Crippen molar-refractivity contribution in [2.75, 3.05) is 9.80 Å². The lowest BCUT2D eigenvalue weighted by Crippen LogP contribution is -2.73. The molecule has 0 saturated heterocycles. The zero-order valence-electron chi connectivity index (χ0n) is 47.2. The molecule has 0 fully saturated rings. The Morgan fingerprint density at radius 3 is 1.00 bits per heavy atom. The third kappa shape index (κ3) is 5.82. The number of anilines is 6. The molecular weight excluding hydrogens is 1100 g/mol. The Kier molecular flexibility index (Phi) is 8.99. The van der Waals surface area contributed by atoms with Crippen molar-refractivity contribution in [2.24, 2.45) is 0 Å². The van der Waals surface area contributed by atoms with Crippen LogP contribution in [0.3, 0.4) is 0 Å². The van der Waals surface area contributed by atoms with Crippen LogP contribution < -0.4 is 59.0 Å². The molecule has 88 heavy (non-hydrogen) atoms. The zero-order valence-corrected chi connectivity index (χ0v) is 48.8. The molecule has 22 rings (SSSR count). The van der Waals surface area contributed by atoms with Crippen molar-refractivity contribution in [2.45, 2.75) is 19.6 Å². The summed E-state index contributed by atoms with van der Waals surface area (Å²) in [7, 11) is 0. The smallest absolute Gasteiger partial charge is 0.252 e. The van der Waals surface area contributed by atoms with E-state index in [-0.39, 0.29) is 20.1 Å². The van der Waals surface area contributed by atoms with Gasteiger partial charge in [-0.25, -0.2) is 0 Å². The van der Waals surface area contributed by atoms with Crippen molar-refractivity contribution >= 4 is 192 Å². The summed E-state index contributed by atoms with van der Waals surface area (Å²) in [5.74, 6) is 0. The number of fused-ring (bicyclic) bond motifs is 18. The fraction of sp³-hybridized carbons (Fsp3) is 0. The molecule has 0 amide bonds. The highest BCUT2D eigenvalue weighted by atomic mass is 32.2. The monoisotopic (exact) mass is 1150 g/mol. The summed E-state index contributed by atoms with van der Waals surface area (Å²) in [6.07, 6.45) is 0. The van der Waals surface area contributed by atoms with Crippen LogP contribution in [0.4, 0.5) is 34.1 Å². The Hall–Kier alpha value is -10.2. The molecule has 6 aliphatic heterocycles. The van der Waals surface area contributed by atoms with Crippen LogP contribution in [-0.4, -0.2) is 33.8 Å². The summed E-state index contributed by atoms with van der Waals surface area (Å²) in [5.41, 5.74) is 31.0. The Morgan fingerprint density at radius 1 is 0.227 bits per heavy atom. The molecule has 16 aromatic rings. The zero-order chi connectivity index (χ0) is 56.8. The van der Waals surface area contributed by atoms with E-state index in [0.717, 1.165) is 11.4 Å². The van der Waals surface area contributed by atoms with Gasteiger partial charge in [-0.1, -0.05) is 198 Å². The van der Waals surface area contributed by atoms with Crippen LogP contribution >= 0.6 is 23.5 Å². The second kappa shape index (κ2) is 16.8. The fourth-order valence-electron chi connectivity index (χ4n) is 17.2. The van der Waals surface area contributed by atoms with E-state index in [1.165, 1.54) is 174 Å². The van der Waals surface area contributed by atoms with Crippen molar-refractivity contribution in [1.82, 2.24) is 13.7 Å². The predicted octanol–water partition coefficient (Wildman–Crippen LogP) is 13.6. The van der Waals surface area contributed by atoms with E-state index in [2.05, 4.69) is 290 Å². The summed E-state index contributed by atoms with van der Waals surface area (Å²) >= 11 is 3.92. The van der Waals surface area contributed by atoms with Crippen LogP contribution in [0.25, 0.3) is 82.5 Å². The van der Waals surface area contributed by atoms with E-state index in [1.54, 1.807) is 0 Å².